The van der Waals surface area contributed by atoms with Crippen molar-refractivity contribution in [3.05, 3.63) is 72.2 Å². The molecule has 1 N–H and O–H groups in total. The van der Waals surface area contributed by atoms with Crippen molar-refractivity contribution >= 4 is 17.2 Å². The van der Waals surface area contributed by atoms with Crippen LogP contribution in [-0.2, 0) is 23.6 Å². The minimum atomic E-state index is -0.245. The summed E-state index contributed by atoms with van der Waals surface area (Å²) in [5.74, 6) is 0.658. The molecular formula is C20H19N7O2. The van der Waals surface area contributed by atoms with Gasteiger partial charge in [-0.3, -0.25) is 4.79 Å². The van der Waals surface area contributed by atoms with E-state index < -0.39 is 0 Å². The van der Waals surface area contributed by atoms with Crippen molar-refractivity contribution in [1.82, 2.24) is 29.4 Å². The van der Waals surface area contributed by atoms with Crippen molar-refractivity contribution in [3.8, 4) is 0 Å². The van der Waals surface area contributed by atoms with Crippen molar-refractivity contribution in [2.75, 3.05) is 18.5 Å². The first-order valence-corrected chi connectivity index (χ1v) is 9.26. The number of fused-ring (bicyclic) bond motifs is 1. The number of benzene rings is 1. The van der Waals surface area contributed by atoms with Gasteiger partial charge in [0.15, 0.2) is 5.65 Å². The van der Waals surface area contributed by atoms with Crippen LogP contribution >= 0.6 is 0 Å². The lowest BCUT2D eigenvalue weighted by atomic mass is 9.75. The lowest BCUT2D eigenvalue weighted by molar-refractivity contribution is -0.0610. The molecular weight excluding hydrogens is 370 g/mol. The van der Waals surface area contributed by atoms with Crippen LogP contribution in [0, 0.1) is 0 Å². The van der Waals surface area contributed by atoms with E-state index in [4.69, 9.17) is 4.74 Å². The summed E-state index contributed by atoms with van der Waals surface area (Å²) in [5, 5.41) is 15.3. The molecule has 1 aliphatic rings. The fraction of sp³-hybridized carbons (Fsp3) is 0.250. The van der Waals surface area contributed by atoms with Gasteiger partial charge in [0.2, 0.25) is 0 Å². The van der Waals surface area contributed by atoms with E-state index in [2.05, 4.69) is 31.7 Å². The Hall–Kier alpha value is -3.59. The highest BCUT2D eigenvalue weighted by molar-refractivity contribution is 6.03. The molecule has 0 aliphatic carbocycles. The van der Waals surface area contributed by atoms with Crippen molar-refractivity contribution in [1.29, 1.82) is 0 Å². The van der Waals surface area contributed by atoms with Gasteiger partial charge in [-0.05, 0) is 23.8 Å². The highest BCUT2D eigenvalue weighted by Crippen LogP contribution is 2.36. The van der Waals surface area contributed by atoms with E-state index in [0.717, 1.165) is 17.8 Å². The number of carbonyl (C=O) groups is 1. The Labute approximate surface area is 166 Å². The molecule has 4 aromatic rings. The van der Waals surface area contributed by atoms with Gasteiger partial charge in [-0.25, -0.2) is 9.50 Å². The molecule has 1 amide bonds. The zero-order valence-electron chi connectivity index (χ0n) is 15.8. The zero-order chi connectivity index (χ0) is 19.8. The number of nitrogens with one attached hydrogen (secondary N) is 1. The fourth-order valence-corrected chi connectivity index (χ4v) is 3.62. The first-order chi connectivity index (χ1) is 14.1. The van der Waals surface area contributed by atoms with Gasteiger partial charge in [0, 0.05) is 36.8 Å². The minimum Gasteiger partial charge on any atom is -0.379 e. The summed E-state index contributed by atoms with van der Waals surface area (Å²) < 4.78 is 8.99. The molecule has 0 unspecified atom stereocenters. The lowest BCUT2D eigenvalue weighted by Gasteiger charge is -2.41. The second-order valence-electron chi connectivity index (χ2n) is 7.27. The molecule has 0 radical (unpaired) electrons. The van der Waals surface area contributed by atoms with E-state index in [1.54, 1.807) is 30.9 Å². The number of carbonyl (C=O) groups excluding carboxylic acids is 1. The molecule has 0 atom stereocenters. The summed E-state index contributed by atoms with van der Waals surface area (Å²) in [4.78, 5) is 17.0. The molecule has 1 aromatic carbocycles. The van der Waals surface area contributed by atoms with Crippen LogP contribution in [0.3, 0.4) is 0 Å². The quantitative estimate of drug-likeness (QED) is 0.557. The zero-order valence-corrected chi connectivity index (χ0v) is 15.8. The monoisotopic (exact) mass is 389 g/mol. The van der Waals surface area contributed by atoms with Gasteiger partial charge in [-0.15, -0.1) is 10.2 Å². The Morgan fingerprint density at radius 2 is 2.14 bits per heavy atom. The van der Waals surface area contributed by atoms with Crippen LogP contribution in [-0.4, -0.2) is 48.5 Å². The Morgan fingerprint density at radius 1 is 1.24 bits per heavy atom. The van der Waals surface area contributed by atoms with Gasteiger partial charge in [-0.2, -0.15) is 5.10 Å². The molecule has 146 valence electrons. The maximum Gasteiger partial charge on any atom is 0.274 e. The van der Waals surface area contributed by atoms with Crippen molar-refractivity contribution in [2.45, 2.75) is 11.8 Å². The van der Waals surface area contributed by atoms with Gasteiger partial charge in [-0.1, -0.05) is 12.1 Å². The van der Waals surface area contributed by atoms with Gasteiger partial charge < -0.3 is 14.6 Å². The molecule has 9 heteroatoms. The number of amides is 1. The molecule has 5 rings (SSSR count). The maximum absolute atomic E-state index is 12.8. The molecule has 0 bridgehead atoms. The van der Waals surface area contributed by atoms with Crippen LogP contribution in [0.2, 0.25) is 0 Å². The Kier molecular flexibility index (Phi) is 4.09. The number of nitrogens with zero attached hydrogens (tertiary/aromatic N) is 6. The van der Waals surface area contributed by atoms with Crippen LogP contribution in [0.1, 0.15) is 21.9 Å². The average molecular weight is 389 g/mol. The number of ether oxygens (including phenoxy) is 1. The number of aryl methyl sites for hydroxylation is 1. The normalized spacial score (nSPS) is 15.2. The Bertz CT molecular complexity index is 1190. The largest absolute Gasteiger partial charge is 0.379 e. The van der Waals surface area contributed by atoms with Gasteiger partial charge in [0.25, 0.3) is 5.91 Å². The lowest BCUT2D eigenvalue weighted by Crippen LogP contribution is -2.49. The van der Waals surface area contributed by atoms with Crippen molar-refractivity contribution in [3.63, 3.8) is 0 Å². The Balaban J connectivity index is 1.41. The third kappa shape index (κ3) is 3.05. The highest BCUT2D eigenvalue weighted by atomic mass is 16.5. The maximum atomic E-state index is 12.8. The topological polar surface area (TPSA) is 99.2 Å². The SMILES string of the molecule is Cn1cnnc1CC1(c2cccc(NC(=O)c3ccnc4ccnn34)c2)COC1. The van der Waals surface area contributed by atoms with Crippen LogP contribution in [0.4, 0.5) is 5.69 Å². The minimum absolute atomic E-state index is 0.173. The summed E-state index contributed by atoms with van der Waals surface area (Å²) in [6.45, 7) is 1.21. The van der Waals surface area contributed by atoms with Crippen molar-refractivity contribution in [2.24, 2.45) is 7.05 Å². The highest BCUT2D eigenvalue weighted by Gasteiger charge is 2.41. The molecule has 1 aliphatic heterocycles. The molecule has 3 aromatic heterocycles. The molecule has 1 saturated heterocycles. The van der Waals surface area contributed by atoms with E-state index in [1.165, 1.54) is 4.52 Å². The molecule has 0 spiro atoms. The van der Waals surface area contributed by atoms with E-state index in [1.807, 2.05) is 29.8 Å². The van der Waals surface area contributed by atoms with E-state index >= 15 is 0 Å². The van der Waals surface area contributed by atoms with Gasteiger partial charge >= 0.3 is 0 Å². The third-order valence-electron chi connectivity index (χ3n) is 5.31. The predicted molar refractivity (Wildman–Crippen MR) is 105 cm³/mol. The van der Waals surface area contributed by atoms with Crippen LogP contribution in [0.15, 0.2) is 55.1 Å². The molecule has 29 heavy (non-hydrogen) atoms. The number of rotatable bonds is 5. The smallest absolute Gasteiger partial charge is 0.274 e. The second kappa shape index (κ2) is 6.78. The fourth-order valence-electron chi connectivity index (χ4n) is 3.62. The van der Waals surface area contributed by atoms with Crippen LogP contribution in [0.25, 0.3) is 5.65 Å². The number of hydrogen-bond acceptors (Lipinski definition) is 6. The summed E-state index contributed by atoms with van der Waals surface area (Å²) >= 11 is 0. The van der Waals surface area contributed by atoms with Gasteiger partial charge in [0.1, 0.15) is 17.8 Å². The van der Waals surface area contributed by atoms with E-state index in [9.17, 15) is 4.79 Å². The Morgan fingerprint density at radius 3 is 2.90 bits per heavy atom. The molecule has 1 fully saturated rings. The molecule has 9 nitrogen and oxygen atoms in total. The number of hydrogen-bond donors (Lipinski definition) is 1. The molecule has 0 saturated carbocycles. The standard InChI is InChI=1S/C20H19N7O2/c1-26-13-22-25-18(26)10-20(11-29-12-20)14-3-2-4-15(9-14)24-19(28)16-5-7-21-17-6-8-23-27(16)17/h2-9,13H,10-12H2,1H3,(H,24,28). The predicted octanol–water partition coefficient (Wildman–Crippen LogP) is 1.62. The average Bonchev–Trinajstić information content (AvgIpc) is 3.33. The first-order valence-electron chi connectivity index (χ1n) is 9.26. The summed E-state index contributed by atoms with van der Waals surface area (Å²) in [6, 6.07) is 11.3. The number of anilines is 1. The van der Waals surface area contributed by atoms with Crippen LogP contribution < -0.4 is 5.32 Å². The first kappa shape index (κ1) is 17.5. The molecule has 4 heterocycles. The van der Waals surface area contributed by atoms with Crippen LogP contribution in [0.5, 0.6) is 0 Å². The summed E-state index contributed by atoms with van der Waals surface area (Å²) in [5.41, 5.74) is 2.69. The third-order valence-corrected chi connectivity index (χ3v) is 5.31. The van der Waals surface area contributed by atoms with E-state index in [0.29, 0.717) is 30.2 Å². The summed E-state index contributed by atoms with van der Waals surface area (Å²) in [7, 11) is 1.93. The summed E-state index contributed by atoms with van der Waals surface area (Å²) in [6.07, 6.45) is 5.64. The van der Waals surface area contributed by atoms with E-state index in [-0.39, 0.29) is 11.3 Å². The van der Waals surface area contributed by atoms with Crippen molar-refractivity contribution < 1.29 is 9.53 Å². The number of aromatic nitrogens is 6. The van der Waals surface area contributed by atoms with Gasteiger partial charge in [0.05, 0.1) is 19.4 Å². The second-order valence-corrected chi connectivity index (χ2v) is 7.27.